The highest BCUT2D eigenvalue weighted by Gasteiger charge is 2.19. The highest BCUT2D eigenvalue weighted by molar-refractivity contribution is 6.06. The molecule has 9 heteroatoms. The topological polar surface area (TPSA) is 120 Å². The van der Waals surface area contributed by atoms with Gasteiger partial charge in [0.15, 0.2) is 11.5 Å². The van der Waals surface area contributed by atoms with E-state index in [-0.39, 0.29) is 24.6 Å². The van der Waals surface area contributed by atoms with Crippen LogP contribution in [0.4, 0.5) is 5.82 Å². The number of carbonyl (C=O) groups is 3. The minimum absolute atomic E-state index is 0.0620. The smallest absolute Gasteiger partial charge is 0.325 e. The summed E-state index contributed by atoms with van der Waals surface area (Å²) in [7, 11) is 0. The number of nitrogens with zero attached hydrogens (tertiary/aromatic N) is 2. The number of nitrogens with one attached hydrogen (secondary N) is 2. The van der Waals surface area contributed by atoms with E-state index in [9.17, 15) is 14.4 Å². The highest BCUT2D eigenvalue weighted by atomic mass is 16.6. The van der Waals surface area contributed by atoms with Gasteiger partial charge in [-0.05, 0) is 54.9 Å². The van der Waals surface area contributed by atoms with Crippen LogP contribution in [-0.4, -0.2) is 52.0 Å². The van der Waals surface area contributed by atoms with Crippen molar-refractivity contribution in [2.75, 3.05) is 18.4 Å². The molecule has 0 spiro atoms. The number of aryl methyl sites for hydroxylation is 1. The van der Waals surface area contributed by atoms with E-state index in [0.717, 1.165) is 0 Å². The van der Waals surface area contributed by atoms with E-state index in [1.165, 1.54) is 12.3 Å². The molecule has 1 aromatic rings. The van der Waals surface area contributed by atoms with Gasteiger partial charge in [-0.3, -0.25) is 14.4 Å². The summed E-state index contributed by atoms with van der Waals surface area (Å²) in [6.45, 7) is 14.0. The maximum atomic E-state index is 12.8. The minimum Gasteiger partial charge on any atom is -0.459 e. The molecule has 0 unspecified atom stereocenters. The quantitative estimate of drug-likeness (QED) is 0.343. The van der Waals surface area contributed by atoms with Gasteiger partial charge in [0.2, 0.25) is 5.78 Å². The Morgan fingerprint density at radius 2 is 1.55 bits per heavy atom. The molecule has 0 fully saturated rings. The fourth-order valence-corrected chi connectivity index (χ4v) is 2.38. The molecule has 172 valence electrons. The van der Waals surface area contributed by atoms with Crippen LogP contribution in [0.15, 0.2) is 18.0 Å². The van der Waals surface area contributed by atoms with Crippen LogP contribution in [0.3, 0.4) is 0 Å². The van der Waals surface area contributed by atoms with Crippen LogP contribution in [0.1, 0.15) is 71.1 Å². The molecule has 0 aliphatic rings. The molecule has 9 nitrogen and oxygen atoms in total. The average molecular weight is 435 g/mol. The molecule has 0 aliphatic carbocycles. The van der Waals surface area contributed by atoms with Gasteiger partial charge in [0.25, 0.3) is 0 Å². The number of rotatable bonds is 9. The number of carbonyl (C=O) groups excluding carboxylic acids is 3. The monoisotopic (exact) mass is 434 g/mol. The third-order valence-electron chi connectivity index (χ3n) is 3.51. The summed E-state index contributed by atoms with van der Waals surface area (Å²) in [5, 5.41) is 5.75. The first-order valence-electron chi connectivity index (χ1n) is 10.2. The van der Waals surface area contributed by atoms with E-state index in [1.807, 2.05) is 6.92 Å². The second-order valence-corrected chi connectivity index (χ2v) is 8.98. The van der Waals surface area contributed by atoms with E-state index < -0.39 is 28.9 Å². The number of hydrogen-bond acceptors (Lipinski definition) is 9. The molecule has 1 heterocycles. The van der Waals surface area contributed by atoms with Gasteiger partial charge in [-0.15, -0.1) is 0 Å². The first kappa shape index (κ1) is 26.1. The Kier molecular flexibility index (Phi) is 9.15. The minimum atomic E-state index is -0.617. The molecular formula is C22H34N4O5. The molecule has 1 aromatic heterocycles. The van der Waals surface area contributed by atoms with Crippen LogP contribution in [0.5, 0.6) is 0 Å². The number of allylic oxidation sites excluding steroid dienone is 2. The van der Waals surface area contributed by atoms with Gasteiger partial charge in [-0.25, -0.2) is 9.97 Å². The van der Waals surface area contributed by atoms with E-state index in [0.29, 0.717) is 17.8 Å². The zero-order valence-electron chi connectivity index (χ0n) is 19.7. The molecule has 0 aromatic carbocycles. The molecule has 0 aliphatic heterocycles. The van der Waals surface area contributed by atoms with Crippen molar-refractivity contribution >= 4 is 23.5 Å². The van der Waals surface area contributed by atoms with E-state index in [1.54, 1.807) is 48.5 Å². The van der Waals surface area contributed by atoms with Crippen molar-refractivity contribution in [1.29, 1.82) is 0 Å². The van der Waals surface area contributed by atoms with Crippen LogP contribution < -0.4 is 10.6 Å². The van der Waals surface area contributed by atoms with E-state index in [2.05, 4.69) is 20.6 Å². The second-order valence-electron chi connectivity index (χ2n) is 8.98. The molecule has 31 heavy (non-hydrogen) atoms. The number of ether oxygens (including phenoxy) is 2. The standard InChI is InChI=1S/C22H34N4O5/c1-9-15(23-12-17(28)30-21(3,4)5)10-16(27)19-20(26-14(2)11-24-19)25-13-18(29)31-22(6,7)8/h10-11,23H,9,12-13H2,1-8H3,(H,25,26). The number of esters is 2. The van der Waals surface area contributed by atoms with Gasteiger partial charge in [-0.1, -0.05) is 6.92 Å². The zero-order valence-corrected chi connectivity index (χ0v) is 19.7. The SMILES string of the molecule is CCC(=CC(=O)c1ncc(C)nc1NCC(=O)OC(C)(C)C)NCC(=O)OC(C)(C)C. The van der Waals surface area contributed by atoms with Gasteiger partial charge in [0.1, 0.15) is 24.3 Å². The summed E-state index contributed by atoms with van der Waals surface area (Å²) in [4.78, 5) is 45.1. The van der Waals surface area contributed by atoms with Crippen LogP contribution in [0, 0.1) is 6.92 Å². The normalized spacial score (nSPS) is 12.2. The molecule has 0 saturated carbocycles. The van der Waals surface area contributed by atoms with Gasteiger partial charge in [0, 0.05) is 18.0 Å². The van der Waals surface area contributed by atoms with E-state index in [4.69, 9.17) is 9.47 Å². The van der Waals surface area contributed by atoms with Crippen molar-refractivity contribution in [2.24, 2.45) is 0 Å². The Balaban J connectivity index is 2.91. The lowest BCUT2D eigenvalue weighted by atomic mass is 10.2. The predicted molar refractivity (Wildman–Crippen MR) is 118 cm³/mol. The Morgan fingerprint density at radius 3 is 2.06 bits per heavy atom. The molecule has 0 bridgehead atoms. The molecule has 1 rings (SSSR count). The number of hydrogen-bond donors (Lipinski definition) is 2. The van der Waals surface area contributed by atoms with Crippen molar-refractivity contribution in [3.63, 3.8) is 0 Å². The predicted octanol–water partition coefficient (Wildman–Crippen LogP) is 2.95. The lowest BCUT2D eigenvalue weighted by molar-refractivity contribution is -0.154. The molecular weight excluding hydrogens is 400 g/mol. The fourth-order valence-electron chi connectivity index (χ4n) is 2.38. The lowest BCUT2D eigenvalue weighted by Gasteiger charge is -2.20. The van der Waals surface area contributed by atoms with E-state index >= 15 is 0 Å². The summed E-state index contributed by atoms with van der Waals surface area (Å²) in [5.74, 6) is -1.12. The Morgan fingerprint density at radius 1 is 1.00 bits per heavy atom. The maximum absolute atomic E-state index is 12.8. The Labute approximate surface area is 184 Å². The number of anilines is 1. The molecule has 0 atom stereocenters. The summed E-state index contributed by atoms with van der Waals surface area (Å²) < 4.78 is 10.5. The molecule has 0 radical (unpaired) electrons. The van der Waals surface area contributed by atoms with Crippen LogP contribution >= 0.6 is 0 Å². The van der Waals surface area contributed by atoms with Gasteiger partial charge in [0.05, 0.1) is 5.69 Å². The number of ketones is 1. The van der Waals surface area contributed by atoms with Crippen LogP contribution in [0.2, 0.25) is 0 Å². The summed E-state index contributed by atoms with van der Waals surface area (Å²) in [6, 6.07) is 0. The first-order chi connectivity index (χ1) is 14.2. The Hall–Kier alpha value is -2.97. The third-order valence-corrected chi connectivity index (χ3v) is 3.51. The van der Waals surface area contributed by atoms with Gasteiger partial charge in [-0.2, -0.15) is 0 Å². The first-order valence-corrected chi connectivity index (χ1v) is 10.2. The largest absolute Gasteiger partial charge is 0.459 e. The second kappa shape index (κ2) is 10.9. The summed E-state index contributed by atoms with van der Waals surface area (Å²) in [5.41, 5.74) is 0.00648. The Bertz CT molecular complexity index is 835. The summed E-state index contributed by atoms with van der Waals surface area (Å²) in [6.07, 6.45) is 3.33. The van der Waals surface area contributed by atoms with Gasteiger partial charge < -0.3 is 20.1 Å². The van der Waals surface area contributed by atoms with Crippen molar-refractivity contribution in [3.05, 3.63) is 29.4 Å². The van der Waals surface area contributed by atoms with Crippen LogP contribution in [0.25, 0.3) is 0 Å². The lowest BCUT2D eigenvalue weighted by Crippen LogP contribution is -2.31. The highest BCUT2D eigenvalue weighted by Crippen LogP contribution is 2.14. The zero-order chi connectivity index (χ0) is 23.8. The average Bonchev–Trinajstić information content (AvgIpc) is 2.60. The third kappa shape index (κ3) is 10.6. The van der Waals surface area contributed by atoms with Gasteiger partial charge >= 0.3 is 11.9 Å². The maximum Gasteiger partial charge on any atom is 0.325 e. The molecule has 0 saturated heterocycles. The molecule has 2 N–H and O–H groups in total. The fraction of sp³-hybridized carbons (Fsp3) is 0.591. The number of aromatic nitrogens is 2. The van der Waals surface area contributed by atoms with Crippen LogP contribution in [-0.2, 0) is 19.1 Å². The molecule has 0 amide bonds. The summed E-state index contributed by atoms with van der Waals surface area (Å²) >= 11 is 0. The van der Waals surface area contributed by atoms with Crippen molar-refractivity contribution in [1.82, 2.24) is 15.3 Å². The van der Waals surface area contributed by atoms with Crippen molar-refractivity contribution < 1.29 is 23.9 Å². The van der Waals surface area contributed by atoms with Crippen molar-refractivity contribution in [3.8, 4) is 0 Å². The van der Waals surface area contributed by atoms with Crippen molar-refractivity contribution in [2.45, 2.75) is 73.0 Å².